The lowest BCUT2D eigenvalue weighted by Gasteiger charge is -2.42. The average Bonchev–Trinajstić information content (AvgIpc) is 3.60. The molecule has 3 saturated heterocycles. The molecule has 0 radical (unpaired) electrons. The summed E-state index contributed by atoms with van der Waals surface area (Å²) in [6.45, 7) is 6.45. The Labute approximate surface area is 254 Å². The first-order valence-electron chi connectivity index (χ1n) is 14.5. The van der Waals surface area contributed by atoms with E-state index < -0.39 is 22.0 Å². The van der Waals surface area contributed by atoms with E-state index in [1.165, 1.54) is 18.4 Å². The number of thiophene rings is 1. The summed E-state index contributed by atoms with van der Waals surface area (Å²) in [5, 5.41) is 0. The SMILES string of the molecule is COc1ncc(-c2nc(N3CCOCC3)nc3c(CN4CCC(N5CCCC5)C(F)(F)C4)c(C)sc23)cc1NS(C)(=O)=O. The average molecular weight is 638 g/mol. The molecule has 3 aliphatic rings. The summed E-state index contributed by atoms with van der Waals surface area (Å²) in [7, 11) is -2.19. The number of pyridine rings is 1. The van der Waals surface area contributed by atoms with Crippen LogP contribution in [0.25, 0.3) is 21.5 Å². The number of piperidine rings is 1. The van der Waals surface area contributed by atoms with E-state index in [0.29, 0.717) is 68.5 Å². The highest BCUT2D eigenvalue weighted by molar-refractivity contribution is 7.92. The Kier molecular flexibility index (Phi) is 8.45. The second kappa shape index (κ2) is 12.0. The third kappa shape index (κ3) is 6.41. The number of fused-ring (bicyclic) bond motifs is 1. The van der Waals surface area contributed by atoms with Gasteiger partial charge in [0.15, 0.2) is 0 Å². The van der Waals surface area contributed by atoms with Crippen molar-refractivity contribution in [3.8, 4) is 17.1 Å². The minimum absolute atomic E-state index is 0.134. The van der Waals surface area contributed by atoms with Gasteiger partial charge >= 0.3 is 0 Å². The van der Waals surface area contributed by atoms with Crippen LogP contribution in [0.15, 0.2) is 12.3 Å². The summed E-state index contributed by atoms with van der Waals surface area (Å²) >= 11 is 1.51. The standard InChI is InChI=1S/C28H37F2N7O4S2/c1-18-20(16-35-9-6-22(28(29,30)17-35)36-7-4-5-8-36)24-25(42-18)23(32-27(33-24)37-10-12-41-13-11-37)19-14-21(34-43(3,38)39)26(40-2)31-15-19/h14-15,22,34H,4-13,16-17H2,1-3H3. The van der Waals surface area contributed by atoms with Crippen molar-refractivity contribution in [2.75, 3.05) is 75.5 Å². The fraction of sp³-hybridized carbons (Fsp3) is 0.607. The number of methoxy groups -OCH3 is 1. The van der Waals surface area contributed by atoms with Crippen molar-refractivity contribution in [2.45, 2.75) is 44.7 Å². The fourth-order valence-corrected chi connectivity index (χ4v) is 7.95. The number of anilines is 2. The maximum atomic E-state index is 15.4. The first kappa shape index (κ1) is 30.3. The monoisotopic (exact) mass is 637 g/mol. The quantitative estimate of drug-likeness (QED) is 0.393. The van der Waals surface area contributed by atoms with Gasteiger partial charge in [-0.05, 0) is 45.3 Å². The summed E-state index contributed by atoms with van der Waals surface area (Å²) in [5.41, 5.74) is 2.99. The van der Waals surface area contributed by atoms with Crippen LogP contribution in [-0.4, -0.2) is 111 Å². The number of ether oxygens (including phenoxy) is 2. The smallest absolute Gasteiger partial charge is 0.275 e. The van der Waals surface area contributed by atoms with Crippen molar-refractivity contribution in [1.82, 2.24) is 24.8 Å². The van der Waals surface area contributed by atoms with Crippen LogP contribution in [-0.2, 0) is 21.3 Å². The Morgan fingerprint density at radius 3 is 2.58 bits per heavy atom. The predicted molar refractivity (Wildman–Crippen MR) is 163 cm³/mol. The topological polar surface area (TPSA) is 113 Å². The lowest BCUT2D eigenvalue weighted by molar-refractivity contribution is -0.124. The predicted octanol–water partition coefficient (Wildman–Crippen LogP) is 3.58. The van der Waals surface area contributed by atoms with Gasteiger partial charge in [0.25, 0.3) is 5.92 Å². The highest BCUT2D eigenvalue weighted by Crippen LogP contribution is 2.41. The summed E-state index contributed by atoms with van der Waals surface area (Å²) in [6, 6.07) is 0.946. The molecule has 234 valence electrons. The van der Waals surface area contributed by atoms with Crippen LogP contribution in [0.2, 0.25) is 0 Å². The minimum Gasteiger partial charge on any atom is -0.480 e. The number of alkyl halides is 2. The molecule has 11 nitrogen and oxygen atoms in total. The Bertz CT molecular complexity index is 1590. The first-order chi connectivity index (χ1) is 20.5. The molecule has 0 spiro atoms. The van der Waals surface area contributed by atoms with Gasteiger partial charge < -0.3 is 14.4 Å². The number of rotatable bonds is 8. The Morgan fingerprint density at radius 1 is 1.16 bits per heavy atom. The molecule has 3 fully saturated rings. The molecule has 3 aromatic rings. The number of hydrogen-bond donors (Lipinski definition) is 1. The molecule has 6 heterocycles. The Hall–Kier alpha value is -2.72. The molecule has 1 N–H and O–H groups in total. The van der Waals surface area contributed by atoms with Gasteiger partial charge in [-0.25, -0.2) is 32.2 Å². The number of nitrogens with one attached hydrogen (secondary N) is 1. The zero-order valence-corrected chi connectivity index (χ0v) is 26.2. The first-order valence-corrected chi connectivity index (χ1v) is 17.2. The molecule has 0 aromatic carbocycles. The molecule has 6 rings (SSSR count). The van der Waals surface area contributed by atoms with Gasteiger partial charge in [-0.3, -0.25) is 14.5 Å². The van der Waals surface area contributed by atoms with Gasteiger partial charge in [-0.15, -0.1) is 11.3 Å². The van der Waals surface area contributed by atoms with E-state index in [4.69, 9.17) is 19.4 Å². The van der Waals surface area contributed by atoms with E-state index in [1.54, 1.807) is 12.3 Å². The number of sulfonamides is 1. The summed E-state index contributed by atoms with van der Waals surface area (Å²) in [6.07, 6.45) is 5.06. The highest BCUT2D eigenvalue weighted by atomic mass is 32.2. The number of halogens is 2. The summed E-state index contributed by atoms with van der Waals surface area (Å²) in [4.78, 5) is 21.1. The maximum absolute atomic E-state index is 15.4. The molecular formula is C28H37F2N7O4S2. The van der Waals surface area contributed by atoms with E-state index >= 15 is 8.78 Å². The van der Waals surface area contributed by atoms with Gasteiger partial charge in [-0.2, -0.15) is 0 Å². The number of nitrogens with zero attached hydrogens (tertiary/aromatic N) is 6. The number of aryl methyl sites for hydroxylation is 1. The maximum Gasteiger partial charge on any atom is 0.275 e. The number of morpholine rings is 1. The lowest BCUT2D eigenvalue weighted by Crippen LogP contribution is -2.57. The zero-order chi connectivity index (χ0) is 30.4. The lowest BCUT2D eigenvalue weighted by atomic mass is 9.98. The van der Waals surface area contributed by atoms with Gasteiger partial charge in [0, 0.05) is 48.4 Å². The molecule has 0 aliphatic carbocycles. The van der Waals surface area contributed by atoms with Crippen molar-refractivity contribution in [2.24, 2.45) is 0 Å². The second-order valence-corrected chi connectivity index (χ2v) is 14.4. The van der Waals surface area contributed by atoms with Crippen LogP contribution in [0.4, 0.5) is 20.4 Å². The van der Waals surface area contributed by atoms with Crippen LogP contribution in [0.3, 0.4) is 0 Å². The van der Waals surface area contributed by atoms with Crippen molar-refractivity contribution in [1.29, 1.82) is 0 Å². The van der Waals surface area contributed by atoms with Crippen LogP contribution < -0.4 is 14.4 Å². The Balaban J connectivity index is 1.39. The van der Waals surface area contributed by atoms with E-state index in [0.717, 1.165) is 47.3 Å². The van der Waals surface area contributed by atoms with Crippen molar-refractivity contribution >= 4 is 43.2 Å². The fourth-order valence-electron chi connectivity index (χ4n) is 6.29. The molecule has 0 bridgehead atoms. The molecule has 3 aromatic heterocycles. The van der Waals surface area contributed by atoms with Crippen LogP contribution >= 0.6 is 11.3 Å². The van der Waals surface area contributed by atoms with E-state index in [1.807, 2.05) is 21.6 Å². The normalized spacial score (nSPS) is 21.9. The number of aromatic nitrogens is 3. The molecule has 1 atom stereocenters. The molecule has 15 heteroatoms. The molecule has 1 unspecified atom stereocenters. The van der Waals surface area contributed by atoms with Gasteiger partial charge in [-0.1, -0.05) is 0 Å². The Morgan fingerprint density at radius 2 is 1.91 bits per heavy atom. The highest BCUT2D eigenvalue weighted by Gasteiger charge is 2.47. The van der Waals surface area contributed by atoms with E-state index in [9.17, 15) is 8.42 Å². The van der Waals surface area contributed by atoms with Crippen LogP contribution in [0.1, 0.15) is 29.7 Å². The molecule has 0 amide bonds. The van der Waals surface area contributed by atoms with E-state index in [2.05, 4.69) is 9.71 Å². The van der Waals surface area contributed by atoms with Gasteiger partial charge in [0.1, 0.15) is 5.69 Å². The molecule has 43 heavy (non-hydrogen) atoms. The minimum atomic E-state index is -3.61. The van der Waals surface area contributed by atoms with Crippen LogP contribution in [0, 0.1) is 6.92 Å². The number of likely N-dealkylation sites (tertiary alicyclic amines) is 2. The number of hydrogen-bond acceptors (Lipinski definition) is 11. The molecular weight excluding hydrogens is 600 g/mol. The summed E-state index contributed by atoms with van der Waals surface area (Å²) in [5.74, 6) is -2.15. The molecule has 0 saturated carbocycles. The van der Waals surface area contributed by atoms with Crippen LogP contribution in [0.5, 0.6) is 5.88 Å². The van der Waals surface area contributed by atoms with Crippen molar-refractivity contribution in [3.05, 3.63) is 22.7 Å². The van der Waals surface area contributed by atoms with Crippen molar-refractivity contribution in [3.63, 3.8) is 0 Å². The third-order valence-electron chi connectivity index (χ3n) is 8.33. The third-order valence-corrected chi connectivity index (χ3v) is 10.1. The second-order valence-electron chi connectivity index (χ2n) is 11.5. The summed E-state index contributed by atoms with van der Waals surface area (Å²) < 4.78 is 69.1. The zero-order valence-electron chi connectivity index (χ0n) is 24.6. The van der Waals surface area contributed by atoms with Crippen molar-refractivity contribution < 1.29 is 26.7 Å². The van der Waals surface area contributed by atoms with E-state index in [-0.39, 0.29) is 18.1 Å². The van der Waals surface area contributed by atoms with Gasteiger partial charge in [0.2, 0.25) is 21.9 Å². The molecule has 3 aliphatic heterocycles. The van der Waals surface area contributed by atoms with Gasteiger partial charge in [0.05, 0.1) is 55.1 Å². The largest absolute Gasteiger partial charge is 0.480 e.